The lowest BCUT2D eigenvalue weighted by Crippen LogP contribution is -3.19. The van der Waals surface area contributed by atoms with Crippen LogP contribution in [-0.4, -0.2) is 64.6 Å². The Hall–Kier alpha value is -3.82. The number of quaternary nitrogens is 1. The van der Waals surface area contributed by atoms with E-state index >= 15 is 0 Å². The van der Waals surface area contributed by atoms with E-state index in [9.17, 15) is 19.5 Å². The molecule has 2 bridgehead atoms. The van der Waals surface area contributed by atoms with Crippen LogP contribution in [0, 0.1) is 0 Å². The summed E-state index contributed by atoms with van der Waals surface area (Å²) in [7, 11) is 2.12. The van der Waals surface area contributed by atoms with Gasteiger partial charge in [-0.1, -0.05) is 30.3 Å². The van der Waals surface area contributed by atoms with Crippen molar-refractivity contribution in [3.05, 3.63) is 81.5 Å². The number of likely N-dealkylation sites (tertiary alicyclic amines) is 1. The van der Waals surface area contributed by atoms with Crippen LogP contribution in [0.15, 0.2) is 53.6 Å². The van der Waals surface area contributed by atoms with Crippen LogP contribution in [0.4, 0.5) is 0 Å². The van der Waals surface area contributed by atoms with Gasteiger partial charge in [0.2, 0.25) is 0 Å². The van der Waals surface area contributed by atoms with Gasteiger partial charge in [-0.3, -0.25) is 9.59 Å². The second-order valence-electron chi connectivity index (χ2n) is 11.4. The fraction of sp³-hybridized carbons (Fsp3) is 0.400. The minimum Gasteiger partial charge on any atom is -0.480 e. The van der Waals surface area contributed by atoms with Crippen molar-refractivity contribution in [1.29, 1.82) is 0 Å². The van der Waals surface area contributed by atoms with E-state index in [1.54, 1.807) is 6.20 Å². The zero-order valence-electron chi connectivity index (χ0n) is 21.8. The number of ketones is 1. The van der Waals surface area contributed by atoms with E-state index in [-0.39, 0.29) is 23.4 Å². The first kappa shape index (κ1) is 24.2. The van der Waals surface area contributed by atoms with Gasteiger partial charge in [0, 0.05) is 49.3 Å². The summed E-state index contributed by atoms with van der Waals surface area (Å²) < 4.78 is 6.36. The molecule has 39 heavy (non-hydrogen) atoms. The molecular weight excluding hydrogens is 496 g/mol. The van der Waals surface area contributed by atoms with Crippen molar-refractivity contribution in [3.63, 3.8) is 0 Å². The number of nitrogens with zero attached hydrogens (tertiary/aromatic N) is 1. The van der Waals surface area contributed by atoms with Crippen LogP contribution in [0.1, 0.15) is 46.3 Å². The minimum absolute atomic E-state index is 0.00964. The summed E-state index contributed by atoms with van der Waals surface area (Å²) in [6, 6.07) is 11.7. The molecule has 2 fully saturated rings. The number of amides is 1. The van der Waals surface area contributed by atoms with Crippen molar-refractivity contribution in [2.75, 3.05) is 20.1 Å². The van der Waals surface area contributed by atoms with Gasteiger partial charge < -0.3 is 25.0 Å². The van der Waals surface area contributed by atoms with E-state index in [1.165, 1.54) is 11.1 Å². The number of nitrogens with one attached hydrogen (secondary N) is 3. The first-order chi connectivity index (χ1) is 18.8. The number of ether oxygens (including phenoxy) is 1. The van der Waals surface area contributed by atoms with Crippen LogP contribution in [-0.2, 0) is 23.1 Å². The van der Waals surface area contributed by atoms with E-state index in [0.29, 0.717) is 50.0 Å². The van der Waals surface area contributed by atoms with Crippen molar-refractivity contribution >= 4 is 11.7 Å². The molecule has 7 rings (SSSR count). The molecular formula is C30H31N4O5+. The number of aromatic nitrogens is 2. The Morgan fingerprint density at radius 1 is 1.18 bits per heavy atom. The molecule has 1 amide bonds. The quantitative estimate of drug-likeness (QED) is 0.379. The number of hydrogen-bond acceptors (Lipinski definition) is 6. The maximum atomic E-state index is 13.4. The highest BCUT2D eigenvalue weighted by Crippen LogP contribution is 2.61. The summed E-state index contributed by atoms with van der Waals surface area (Å²) in [6.45, 7) is 1.29. The normalized spacial score (nSPS) is 29.9. The first-order valence-electron chi connectivity index (χ1n) is 13.6. The second kappa shape index (κ2) is 8.59. The number of benzene rings is 2. The van der Waals surface area contributed by atoms with Gasteiger partial charge >= 0.3 is 5.69 Å². The summed E-state index contributed by atoms with van der Waals surface area (Å²) in [5, 5.41) is 15.1. The predicted octanol–water partition coefficient (Wildman–Crippen LogP) is 0.345. The Balaban J connectivity index is 1.12. The summed E-state index contributed by atoms with van der Waals surface area (Å²) in [5.74, 6) is 0.269. The van der Waals surface area contributed by atoms with Crippen LogP contribution in [0.3, 0.4) is 0 Å². The van der Waals surface area contributed by atoms with Gasteiger partial charge in [0.05, 0.1) is 24.6 Å². The molecule has 3 aromatic rings. The Morgan fingerprint density at radius 3 is 2.77 bits per heavy atom. The molecule has 2 aromatic carbocycles. The molecule has 5 atom stereocenters. The average molecular weight is 528 g/mol. The molecule has 2 aliphatic carbocycles. The highest BCUT2D eigenvalue weighted by atomic mass is 16.5. The molecule has 3 heterocycles. The predicted molar refractivity (Wildman–Crippen MR) is 142 cm³/mol. The van der Waals surface area contributed by atoms with Crippen molar-refractivity contribution in [2.45, 2.75) is 55.3 Å². The molecule has 9 heteroatoms. The molecule has 1 unspecified atom stereocenters. The monoisotopic (exact) mass is 527 g/mol. The van der Waals surface area contributed by atoms with E-state index in [0.717, 1.165) is 34.4 Å². The minimum atomic E-state index is -1.02. The molecule has 1 saturated heterocycles. The molecule has 1 spiro atoms. The lowest BCUT2D eigenvalue weighted by atomic mass is 9.49. The highest BCUT2D eigenvalue weighted by Gasteiger charge is 2.74. The van der Waals surface area contributed by atoms with Crippen LogP contribution in [0.25, 0.3) is 11.1 Å². The van der Waals surface area contributed by atoms with E-state index in [4.69, 9.17) is 4.74 Å². The zero-order chi connectivity index (χ0) is 26.9. The van der Waals surface area contributed by atoms with Gasteiger partial charge in [0.25, 0.3) is 5.91 Å². The number of rotatable bonds is 5. The second-order valence-corrected chi connectivity index (χ2v) is 11.4. The smallest absolute Gasteiger partial charge is 0.344 e. The zero-order valence-corrected chi connectivity index (χ0v) is 21.8. The van der Waals surface area contributed by atoms with Crippen LogP contribution >= 0.6 is 0 Å². The molecule has 0 radical (unpaired) electrons. The van der Waals surface area contributed by atoms with Gasteiger partial charge in [0.1, 0.15) is 17.4 Å². The lowest BCUT2D eigenvalue weighted by molar-refractivity contribution is -0.923. The number of piperidine rings is 1. The molecule has 1 saturated carbocycles. The number of carbonyl (C=O) groups is 2. The number of H-pyrrole nitrogens is 1. The fourth-order valence-corrected chi connectivity index (χ4v) is 7.66. The summed E-state index contributed by atoms with van der Waals surface area (Å²) in [5.41, 5.74) is 3.06. The topological polar surface area (TPSA) is 126 Å². The highest BCUT2D eigenvalue weighted by molar-refractivity contribution is 5.99. The summed E-state index contributed by atoms with van der Waals surface area (Å²) >= 11 is 0. The Labute approximate surface area is 225 Å². The van der Waals surface area contributed by atoms with Crippen LogP contribution in [0.2, 0.25) is 0 Å². The summed E-state index contributed by atoms with van der Waals surface area (Å²) in [4.78, 5) is 45.3. The molecule has 200 valence electrons. The van der Waals surface area contributed by atoms with E-state index in [2.05, 4.69) is 22.3 Å². The number of aromatic amines is 1. The van der Waals surface area contributed by atoms with Gasteiger partial charge in [0.15, 0.2) is 11.9 Å². The number of Topliss-reactive ketones (excluding diaryl/α,β-unsaturated/α-hetero) is 1. The van der Waals surface area contributed by atoms with Crippen LogP contribution in [0.5, 0.6) is 5.75 Å². The van der Waals surface area contributed by atoms with Crippen LogP contribution < -0.4 is 20.6 Å². The molecule has 9 nitrogen and oxygen atoms in total. The third-order valence-electron chi connectivity index (χ3n) is 9.60. The van der Waals surface area contributed by atoms with Crippen molar-refractivity contribution in [1.82, 2.24) is 15.3 Å². The standard InChI is InChI=1S/C30H30N4O5/c1-34-13-11-29-24-19-6-7-21(25(24)39-26(29)22(35)8-10-30(29,38)23(34)14-19)27(36)31-12-9-17-2-4-18(5-3-17)20-15-32-28(37)33-16-20/h2-7,15-16,23,26,38H,8-14H2,1H3,(H,31,36)(H,32,33,37)/p+1/t23-,26+,29+,30-/m1/s1. The van der Waals surface area contributed by atoms with Gasteiger partial charge in [-0.2, -0.15) is 0 Å². The molecule has 2 aliphatic heterocycles. The van der Waals surface area contributed by atoms with E-state index < -0.39 is 17.1 Å². The molecule has 4 N–H and O–H groups in total. The molecule has 4 aliphatic rings. The Kier molecular flexibility index (Phi) is 5.34. The number of carbonyl (C=O) groups excluding carboxylic acids is 2. The Bertz CT molecular complexity index is 1550. The molecule has 1 aromatic heterocycles. The number of aliphatic hydroxyl groups is 1. The maximum Gasteiger partial charge on any atom is 0.344 e. The first-order valence-corrected chi connectivity index (χ1v) is 13.6. The van der Waals surface area contributed by atoms with Gasteiger partial charge in [-0.05, 0) is 35.6 Å². The lowest BCUT2D eigenvalue weighted by Gasteiger charge is -2.59. The van der Waals surface area contributed by atoms with Crippen molar-refractivity contribution in [2.24, 2.45) is 0 Å². The number of hydrogen-bond donors (Lipinski definition) is 4. The third kappa shape index (κ3) is 3.39. The average Bonchev–Trinajstić information content (AvgIpc) is 3.30. The largest absolute Gasteiger partial charge is 0.480 e. The summed E-state index contributed by atoms with van der Waals surface area (Å²) in [6.07, 6.45) is 5.20. The number of likely N-dealkylation sites (N-methyl/N-ethyl adjacent to an activating group) is 1. The third-order valence-corrected chi connectivity index (χ3v) is 9.60. The van der Waals surface area contributed by atoms with Crippen molar-refractivity contribution in [3.8, 4) is 16.9 Å². The SMILES string of the molecule is C[NH+]1CC[C@]23c4c5ccc(C(=O)NCCc6ccc(-c7cnc(=O)[nH]c7)cc6)c4O[C@H]2C(=O)CC[C@@]3(O)[C@H]1C5. The van der Waals surface area contributed by atoms with Gasteiger partial charge in [-0.25, -0.2) is 9.78 Å². The Morgan fingerprint density at radius 2 is 2.00 bits per heavy atom. The van der Waals surface area contributed by atoms with Crippen molar-refractivity contribution < 1.29 is 24.3 Å². The van der Waals surface area contributed by atoms with E-state index in [1.807, 2.05) is 36.4 Å². The van der Waals surface area contributed by atoms with Gasteiger partial charge in [-0.15, -0.1) is 0 Å². The fourth-order valence-electron chi connectivity index (χ4n) is 7.66. The maximum absolute atomic E-state index is 13.4.